The van der Waals surface area contributed by atoms with Gasteiger partial charge >= 0.3 is 0 Å². The highest BCUT2D eigenvalue weighted by atomic mass is 16.5. The maximum Gasteiger partial charge on any atom is 0.128 e. The highest BCUT2D eigenvalue weighted by Crippen LogP contribution is 2.35. The monoisotopic (exact) mass is 236 g/mol. The minimum absolute atomic E-state index is 0.157. The van der Waals surface area contributed by atoms with Crippen LogP contribution in [-0.2, 0) is 11.2 Å². The minimum atomic E-state index is -0.604. The van der Waals surface area contributed by atoms with Gasteiger partial charge in [-0.15, -0.1) is 0 Å². The van der Waals surface area contributed by atoms with Crippen LogP contribution in [0.15, 0.2) is 18.2 Å². The number of methoxy groups -OCH3 is 1. The fourth-order valence-electron chi connectivity index (χ4n) is 2.36. The molecule has 1 aliphatic rings. The number of hydrogen-bond donors (Lipinski definition) is 1. The molecule has 0 aliphatic carbocycles. The van der Waals surface area contributed by atoms with Crippen molar-refractivity contribution in [2.24, 2.45) is 0 Å². The lowest BCUT2D eigenvalue weighted by atomic mass is 9.98. The van der Waals surface area contributed by atoms with E-state index in [1.165, 1.54) is 5.56 Å². The summed E-state index contributed by atoms with van der Waals surface area (Å²) in [4.78, 5) is 0. The molecule has 94 valence electrons. The second-order valence-corrected chi connectivity index (χ2v) is 4.44. The summed E-state index contributed by atoms with van der Waals surface area (Å²) in [6.07, 6.45) is 2.01. The van der Waals surface area contributed by atoms with E-state index in [-0.39, 0.29) is 6.10 Å². The van der Waals surface area contributed by atoms with E-state index in [4.69, 9.17) is 9.47 Å². The fraction of sp³-hybridized carbons (Fsp3) is 0.571. The number of aliphatic hydroxyl groups is 1. The van der Waals surface area contributed by atoms with E-state index < -0.39 is 6.10 Å². The second-order valence-electron chi connectivity index (χ2n) is 4.44. The number of para-hydroxylation sites is 1. The van der Waals surface area contributed by atoms with Crippen LogP contribution in [0.5, 0.6) is 5.75 Å². The van der Waals surface area contributed by atoms with Crippen molar-refractivity contribution < 1.29 is 14.6 Å². The standard InChI is InChI=1S/C14H20O3/c1-3-5-12(16-2)13(15)11-7-4-6-10-8-9-17-14(10)11/h4,6-7,12-13,15H,3,5,8-9H2,1-2H3. The molecule has 1 N–H and O–H groups in total. The molecule has 3 heteroatoms. The minimum Gasteiger partial charge on any atom is -0.493 e. The Labute approximate surface area is 102 Å². The molecule has 0 saturated heterocycles. The first-order valence-corrected chi connectivity index (χ1v) is 6.23. The number of hydrogen-bond acceptors (Lipinski definition) is 3. The van der Waals surface area contributed by atoms with Crippen LogP contribution in [-0.4, -0.2) is 24.9 Å². The third-order valence-electron chi connectivity index (χ3n) is 3.29. The van der Waals surface area contributed by atoms with E-state index in [1.807, 2.05) is 12.1 Å². The second kappa shape index (κ2) is 5.52. The normalized spacial score (nSPS) is 17.4. The molecule has 0 spiro atoms. The van der Waals surface area contributed by atoms with Crippen molar-refractivity contribution in [1.29, 1.82) is 0 Å². The SMILES string of the molecule is CCCC(OC)C(O)c1cccc2c1OCC2. The quantitative estimate of drug-likeness (QED) is 0.853. The van der Waals surface area contributed by atoms with Crippen LogP contribution in [0.3, 0.4) is 0 Å². The van der Waals surface area contributed by atoms with Crippen molar-refractivity contribution in [1.82, 2.24) is 0 Å². The van der Waals surface area contributed by atoms with Crippen LogP contribution in [0, 0.1) is 0 Å². The summed E-state index contributed by atoms with van der Waals surface area (Å²) >= 11 is 0. The van der Waals surface area contributed by atoms with Crippen molar-refractivity contribution in [2.45, 2.75) is 38.4 Å². The van der Waals surface area contributed by atoms with E-state index in [2.05, 4.69) is 13.0 Å². The van der Waals surface area contributed by atoms with Crippen LogP contribution in [0.4, 0.5) is 0 Å². The van der Waals surface area contributed by atoms with Crippen LogP contribution < -0.4 is 4.74 Å². The molecule has 1 aliphatic heterocycles. The average molecular weight is 236 g/mol. The molecule has 2 atom stereocenters. The molecule has 2 unspecified atom stereocenters. The van der Waals surface area contributed by atoms with Crippen molar-refractivity contribution in [3.05, 3.63) is 29.3 Å². The van der Waals surface area contributed by atoms with Gasteiger partial charge in [0.05, 0.1) is 12.7 Å². The van der Waals surface area contributed by atoms with Gasteiger partial charge in [-0.2, -0.15) is 0 Å². The molecule has 3 nitrogen and oxygen atoms in total. The molecule has 0 fully saturated rings. The van der Waals surface area contributed by atoms with Crippen LogP contribution in [0.1, 0.15) is 37.0 Å². The van der Waals surface area contributed by atoms with Crippen molar-refractivity contribution >= 4 is 0 Å². The summed E-state index contributed by atoms with van der Waals surface area (Å²) in [5.74, 6) is 0.859. The molecule has 2 rings (SSSR count). The average Bonchev–Trinajstić information content (AvgIpc) is 2.83. The Bertz CT molecular complexity index is 376. The lowest BCUT2D eigenvalue weighted by Gasteiger charge is -2.22. The predicted octanol–water partition coefficient (Wildman–Crippen LogP) is 2.47. The Kier molecular flexibility index (Phi) is 4.02. The van der Waals surface area contributed by atoms with Gasteiger partial charge in [0, 0.05) is 19.1 Å². The Balaban J connectivity index is 2.24. The first-order chi connectivity index (χ1) is 8.27. The fourth-order valence-corrected chi connectivity index (χ4v) is 2.36. The van der Waals surface area contributed by atoms with Gasteiger partial charge in [0.15, 0.2) is 0 Å². The Morgan fingerprint density at radius 1 is 1.47 bits per heavy atom. The highest BCUT2D eigenvalue weighted by Gasteiger charge is 2.26. The Hall–Kier alpha value is -1.06. The van der Waals surface area contributed by atoms with Crippen LogP contribution in [0.25, 0.3) is 0 Å². The first-order valence-electron chi connectivity index (χ1n) is 6.23. The Morgan fingerprint density at radius 3 is 3.00 bits per heavy atom. The van der Waals surface area contributed by atoms with Gasteiger partial charge in [-0.25, -0.2) is 0 Å². The number of ether oxygens (including phenoxy) is 2. The molecule has 1 aromatic carbocycles. The molecular formula is C14H20O3. The van der Waals surface area contributed by atoms with Gasteiger partial charge in [0.1, 0.15) is 11.9 Å². The summed E-state index contributed by atoms with van der Waals surface area (Å²) in [6.45, 7) is 2.80. The van der Waals surface area contributed by atoms with Gasteiger partial charge in [-0.3, -0.25) is 0 Å². The van der Waals surface area contributed by atoms with E-state index in [0.29, 0.717) is 6.61 Å². The highest BCUT2D eigenvalue weighted by molar-refractivity contribution is 5.45. The summed E-state index contributed by atoms with van der Waals surface area (Å²) in [7, 11) is 1.65. The number of aliphatic hydroxyl groups excluding tert-OH is 1. The van der Waals surface area contributed by atoms with Crippen LogP contribution >= 0.6 is 0 Å². The lowest BCUT2D eigenvalue weighted by Crippen LogP contribution is -2.21. The topological polar surface area (TPSA) is 38.7 Å². The summed E-state index contributed by atoms with van der Waals surface area (Å²) in [6, 6.07) is 5.96. The molecule has 0 radical (unpaired) electrons. The molecule has 0 bridgehead atoms. The third-order valence-corrected chi connectivity index (χ3v) is 3.29. The van der Waals surface area contributed by atoms with E-state index >= 15 is 0 Å². The van der Waals surface area contributed by atoms with Crippen molar-refractivity contribution in [3.63, 3.8) is 0 Å². The maximum absolute atomic E-state index is 10.4. The molecule has 17 heavy (non-hydrogen) atoms. The zero-order valence-electron chi connectivity index (χ0n) is 10.5. The summed E-state index contributed by atoms with van der Waals surface area (Å²) in [5, 5.41) is 10.4. The summed E-state index contributed by atoms with van der Waals surface area (Å²) in [5.41, 5.74) is 2.05. The number of benzene rings is 1. The van der Waals surface area contributed by atoms with Gasteiger partial charge in [0.25, 0.3) is 0 Å². The van der Waals surface area contributed by atoms with E-state index in [0.717, 1.165) is 30.6 Å². The van der Waals surface area contributed by atoms with Crippen molar-refractivity contribution in [2.75, 3.05) is 13.7 Å². The molecule has 0 aromatic heterocycles. The number of rotatable bonds is 5. The van der Waals surface area contributed by atoms with Crippen molar-refractivity contribution in [3.8, 4) is 5.75 Å². The molecule has 0 amide bonds. The largest absolute Gasteiger partial charge is 0.493 e. The van der Waals surface area contributed by atoms with Gasteiger partial charge in [-0.05, 0) is 12.0 Å². The third kappa shape index (κ3) is 2.45. The van der Waals surface area contributed by atoms with Gasteiger partial charge in [-0.1, -0.05) is 31.5 Å². The first kappa shape index (κ1) is 12.4. The Morgan fingerprint density at radius 2 is 2.29 bits per heavy atom. The predicted molar refractivity (Wildman–Crippen MR) is 66.3 cm³/mol. The number of fused-ring (bicyclic) bond motifs is 1. The van der Waals surface area contributed by atoms with Crippen LogP contribution in [0.2, 0.25) is 0 Å². The van der Waals surface area contributed by atoms with Gasteiger partial charge in [0.2, 0.25) is 0 Å². The zero-order valence-corrected chi connectivity index (χ0v) is 10.5. The van der Waals surface area contributed by atoms with E-state index in [9.17, 15) is 5.11 Å². The van der Waals surface area contributed by atoms with Gasteiger partial charge < -0.3 is 14.6 Å². The lowest BCUT2D eigenvalue weighted by molar-refractivity contribution is -0.0189. The molecule has 0 saturated carbocycles. The maximum atomic E-state index is 10.4. The molecule has 1 heterocycles. The zero-order chi connectivity index (χ0) is 12.3. The molecule has 1 aromatic rings. The summed E-state index contributed by atoms with van der Waals surface area (Å²) < 4.78 is 11.0. The van der Waals surface area contributed by atoms with E-state index in [1.54, 1.807) is 7.11 Å². The smallest absolute Gasteiger partial charge is 0.128 e. The molecular weight excluding hydrogens is 216 g/mol.